The Balaban J connectivity index is 2.06. The topological polar surface area (TPSA) is 12.5 Å². The highest BCUT2D eigenvalue weighted by molar-refractivity contribution is 6.32. The third kappa shape index (κ3) is 3.06. The van der Waals surface area contributed by atoms with Crippen LogP contribution in [0.2, 0.25) is 5.02 Å². The van der Waals surface area contributed by atoms with Crippen molar-refractivity contribution in [3.8, 4) is 0 Å². The fourth-order valence-corrected chi connectivity index (χ4v) is 2.73. The molecule has 1 aromatic carbocycles. The lowest BCUT2D eigenvalue weighted by Gasteiger charge is -2.33. The van der Waals surface area contributed by atoms with Crippen LogP contribution in [0.25, 0.3) is 0 Å². The molecule has 1 aromatic rings. The lowest BCUT2D eigenvalue weighted by Crippen LogP contribution is -2.36. The van der Waals surface area contributed by atoms with Crippen molar-refractivity contribution in [2.45, 2.75) is 24.8 Å². The first-order valence-corrected chi connectivity index (χ1v) is 6.78. The van der Waals surface area contributed by atoms with Crippen LogP contribution < -0.4 is 4.90 Å². The van der Waals surface area contributed by atoms with Gasteiger partial charge in [0.1, 0.15) is 0 Å². The van der Waals surface area contributed by atoms with Crippen molar-refractivity contribution in [2.75, 3.05) is 25.1 Å². The molecule has 0 atom stereocenters. The fourth-order valence-electron chi connectivity index (χ4n) is 2.19. The van der Waals surface area contributed by atoms with Gasteiger partial charge in [0.2, 0.25) is 0 Å². The van der Waals surface area contributed by atoms with E-state index >= 15 is 0 Å². The van der Waals surface area contributed by atoms with Crippen molar-refractivity contribution in [1.82, 2.24) is 0 Å². The summed E-state index contributed by atoms with van der Waals surface area (Å²) in [6.07, 6.45) is 2.56. The molecule has 0 unspecified atom stereocenters. The highest BCUT2D eigenvalue weighted by Gasteiger charge is 2.19. The lowest BCUT2D eigenvalue weighted by molar-refractivity contribution is 0.0819. The number of benzene rings is 1. The molecule has 1 aliphatic rings. The minimum Gasteiger partial charge on any atom is -0.381 e. The van der Waals surface area contributed by atoms with Crippen LogP contribution in [-0.2, 0) is 10.6 Å². The van der Waals surface area contributed by atoms with E-state index in [1.165, 1.54) is 5.69 Å². The maximum Gasteiger partial charge on any atom is 0.0605 e. The van der Waals surface area contributed by atoms with Gasteiger partial charge in [0.15, 0.2) is 0 Å². The summed E-state index contributed by atoms with van der Waals surface area (Å²) >= 11 is 12.0. The number of hydrogen-bond acceptors (Lipinski definition) is 2. The van der Waals surface area contributed by atoms with E-state index in [2.05, 4.69) is 11.0 Å². The van der Waals surface area contributed by atoms with Gasteiger partial charge in [-0.2, -0.15) is 0 Å². The largest absolute Gasteiger partial charge is 0.381 e. The van der Waals surface area contributed by atoms with E-state index in [1.807, 2.05) is 12.1 Å². The average molecular weight is 274 g/mol. The minimum atomic E-state index is 0.406. The first-order valence-electron chi connectivity index (χ1n) is 5.86. The Morgan fingerprint density at radius 3 is 2.59 bits per heavy atom. The Kier molecular flexibility index (Phi) is 4.55. The molecule has 1 aliphatic heterocycles. The molecule has 0 amide bonds. The Morgan fingerprint density at radius 2 is 2.06 bits per heavy atom. The molecule has 1 heterocycles. The zero-order chi connectivity index (χ0) is 12.3. The van der Waals surface area contributed by atoms with Crippen LogP contribution >= 0.6 is 23.2 Å². The molecule has 0 aliphatic carbocycles. The second-order valence-electron chi connectivity index (χ2n) is 4.33. The summed E-state index contributed by atoms with van der Waals surface area (Å²) in [5, 5.41) is 0.756. The van der Waals surface area contributed by atoms with Gasteiger partial charge in [0.25, 0.3) is 0 Å². The van der Waals surface area contributed by atoms with Crippen molar-refractivity contribution < 1.29 is 4.74 Å². The monoisotopic (exact) mass is 273 g/mol. The van der Waals surface area contributed by atoms with Crippen LogP contribution in [0.4, 0.5) is 5.69 Å². The van der Waals surface area contributed by atoms with E-state index in [9.17, 15) is 0 Å². The predicted molar refractivity (Wildman–Crippen MR) is 73.3 cm³/mol. The van der Waals surface area contributed by atoms with E-state index < -0.39 is 0 Å². The highest BCUT2D eigenvalue weighted by atomic mass is 35.5. The summed E-state index contributed by atoms with van der Waals surface area (Å²) in [4.78, 5) is 2.35. The third-order valence-electron chi connectivity index (χ3n) is 3.32. The molecule has 0 bridgehead atoms. The number of anilines is 1. The maximum absolute atomic E-state index is 6.17. The molecule has 1 saturated heterocycles. The van der Waals surface area contributed by atoms with E-state index in [-0.39, 0.29) is 0 Å². The minimum absolute atomic E-state index is 0.406. The van der Waals surface area contributed by atoms with Gasteiger partial charge in [0, 0.05) is 36.8 Å². The standard InChI is InChI=1S/C13H17Cl2NO/c1-17-12-4-6-16(7-5-12)11-3-2-10(9-14)13(15)8-11/h2-3,8,12H,4-7,9H2,1H3. The van der Waals surface area contributed by atoms with Gasteiger partial charge in [0.05, 0.1) is 6.10 Å². The van der Waals surface area contributed by atoms with Crippen LogP contribution in [0.1, 0.15) is 18.4 Å². The normalized spacial score (nSPS) is 17.5. The van der Waals surface area contributed by atoms with Crippen molar-refractivity contribution in [3.05, 3.63) is 28.8 Å². The SMILES string of the molecule is COC1CCN(c2ccc(CCl)c(Cl)c2)CC1. The molecule has 0 aromatic heterocycles. The van der Waals surface area contributed by atoms with Gasteiger partial charge in [-0.1, -0.05) is 17.7 Å². The molecular formula is C13H17Cl2NO. The molecule has 0 N–H and O–H groups in total. The Labute approximate surface area is 112 Å². The second-order valence-corrected chi connectivity index (χ2v) is 5.01. The molecule has 0 radical (unpaired) electrons. The summed E-state index contributed by atoms with van der Waals surface area (Å²) in [6.45, 7) is 2.05. The molecule has 2 rings (SSSR count). The third-order valence-corrected chi connectivity index (χ3v) is 3.96. The average Bonchev–Trinajstić information content (AvgIpc) is 2.39. The predicted octanol–water partition coefficient (Wildman–Crippen LogP) is 3.69. The summed E-state index contributed by atoms with van der Waals surface area (Å²) in [7, 11) is 1.78. The van der Waals surface area contributed by atoms with Crippen LogP contribution in [0, 0.1) is 0 Å². The molecular weight excluding hydrogens is 257 g/mol. The van der Waals surface area contributed by atoms with Crippen LogP contribution in [0.15, 0.2) is 18.2 Å². The zero-order valence-corrected chi connectivity index (χ0v) is 11.5. The maximum atomic E-state index is 6.17. The molecule has 4 heteroatoms. The Bertz CT molecular complexity index is 376. The molecule has 0 saturated carbocycles. The number of halogens is 2. The number of nitrogens with zero attached hydrogens (tertiary/aromatic N) is 1. The number of rotatable bonds is 3. The molecule has 1 fully saturated rings. The number of piperidine rings is 1. The smallest absolute Gasteiger partial charge is 0.0605 e. The number of alkyl halides is 1. The van der Waals surface area contributed by atoms with Gasteiger partial charge in [-0.15, -0.1) is 11.6 Å². The number of methoxy groups -OCH3 is 1. The molecule has 0 spiro atoms. The van der Waals surface area contributed by atoms with Gasteiger partial charge in [-0.3, -0.25) is 0 Å². The fraction of sp³-hybridized carbons (Fsp3) is 0.538. The van der Waals surface area contributed by atoms with Gasteiger partial charge in [-0.05, 0) is 30.5 Å². The molecule has 17 heavy (non-hydrogen) atoms. The van der Waals surface area contributed by atoms with Gasteiger partial charge in [-0.25, -0.2) is 0 Å². The zero-order valence-electron chi connectivity index (χ0n) is 9.96. The van der Waals surface area contributed by atoms with Crippen molar-refractivity contribution in [3.63, 3.8) is 0 Å². The Hall–Kier alpha value is -0.440. The second kappa shape index (κ2) is 5.94. The van der Waals surface area contributed by atoms with Crippen LogP contribution in [0.3, 0.4) is 0 Å². The van der Waals surface area contributed by atoms with Crippen molar-refractivity contribution in [2.24, 2.45) is 0 Å². The summed E-state index contributed by atoms with van der Waals surface area (Å²) in [5.74, 6) is 0.463. The summed E-state index contributed by atoms with van der Waals surface area (Å²) < 4.78 is 5.37. The summed E-state index contributed by atoms with van der Waals surface area (Å²) in [5.41, 5.74) is 2.17. The molecule has 2 nitrogen and oxygen atoms in total. The molecule has 94 valence electrons. The Morgan fingerprint density at radius 1 is 1.35 bits per heavy atom. The van der Waals surface area contributed by atoms with Gasteiger partial charge >= 0.3 is 0 Å². The quantitative estimate of drug-likeness (QED) is 0.779. The number of hydrogen-bond donors (Lipinski definition) is 0. The highest BCUT2D eigenvalue weighted by Crippen LogP contribution is 2.27. The van der Waals surface area contributed by atoms with Crippen molar-refractivity contribution in [1.29, 1.82) is 0 Å². The number of ether oxygens (including phenoxy) is 1. The van der Waals surface area contributed by atoms with Crippen LogP contribution in [-0.4, -0.2) is 26.3 Å². The van der Waals surface area contributed by atoms with E-state index in [0.29, 0.717) is 12.0 Å². The summed E-state index contributed by atoms with van der Waals surface area (Å²) in [6, 6.07) is 6.11. The lowest BCUT2D eigenvalue weighted by atomic mass is 10.1. The van der Waals surface area contributed by atoms with E-state index in [0.717, 1.165) is 36.5 Å². The van der Waals surface area contributed by atoms with Gasteiger partial charge < -0.3 is 9.64 Å². The van der Waals surface area contributed by atoms with Crippen molar-refractivity contribution >= 4 is 28.9 Å². The first-order chi connectivity index (χ1) is 8.24. The van der Waals surface area contributed by atoms with E-state index in [1.54, 1.807) is 7.11 Å². The first kappa shape index (κ1) is 13.0. The van der Waals surface area contributed by atoms with Crippen LogP contribution in [0.5, 0.6) is 0 Å². The van der Waals surface area contributed by atoms with E-state index in [4.69, 9.17) is 27.9 Å².